The Bertz CT molecular complexity index is 772. The lowest BCUT2D eigenvalue weighted by molar-refractivity contribution is -0.155. The van der Waals surface area contributed by atoms with Crippen LogP contribution in [0.5, 0.6) is 0 Å². The minimum absolute atomic E-state index is 0.0792. The Balaban J connectivity index is 1.72. The molecular weight excluding hydrogens is 492 g/mol. The number of aliphatic hydroxyl groups is 1. The van der Waals surface area contributed by atoms with Gasteiger partial charge in [-0.3, -0.25) is 14.4 Å². The second-order valence-electron chi connectivity index (χ2n) is 10.5. The lowest BCUT2D eigenvalue weighted by Crippen LogP contribution is -2.59. The molecule has 4 fully saturated rings. The zero-order valence-corrected chi connectivity index (χ0v) is 21.4. The number of carbonyl (C=O) groups is 3. The van der Waals surface area contributed by atoms with Crippen molar-refractivity contribution in [2.24, 2.45) is 17.8 Å². The maximum absolute atomic E-state index is 13.9. The monoisotopic (exact) mass is 528 g/mol. The molecule has 2 N–H and O–H groups in total. The maximum atomic E-state index is 13.9. The molecule has 8 nitrogen and oxygen atoms in total. The fraction of sp³-hybridized carbons (Fsp3) is 0.875. The molecular formula is C24H37BrN2O6. The first-order valence-corrected chi connectivity index (χ1v) is 13.4. The third-order valence-electron chi connectivity index (χ3n) is 7.83. The maximum Gasteiger partial charge on any atom is 0.312 e. The number of rotatable bonds is 8. The molecule has 7 atom stereocenters. The van der Waals surface area contributed by atoms with E-state index < -0.39 is 41.6 Å². The van der Waals surface area contributed by atoms with E-state index in [0.29, 0.717) is 12.8 Å². The van der Waals surface area contributed by atoms with E-state index in [2.05, 4.69) is 21.2 Å². The number of halogens is 1. The molecule has 1 aliphatic carbocycles. The smallest absolute Gasteiger partial charge is 0.312 e. The van der Waals surface area contributed by atoms with E-state index in [4.69, 9.17) is 9.47 Å². The van der Waals surface area contributed by atoms with Gasteiger partial charge in [0.1, 0.15) is 11.6 Å². The lowest BCUT2D eigenvalue weighted by atomic mass is 9.70. The molecule has 1 spiro atoms. The summed E-state index contributed by atoms with van der Waals surface area (Å²) in [6.45, 7) is 5.76. The molecule has 9 heteroatoms. The Kier molecular flexibility index (Phi) is 7.41. The number of alkyl halides is 1. The summed E-state index contributed by atoms with van der Waals surface area (Å²) >= 11 is 3.65. The first-order valence-electron chi connectivity index (χ1n) is 12.5. The summed E-state index contributed by atoms with van der Waals surface area (Å²) in [6, 6.07) is -1.31. The number of fused-ring (bicyclic) bond motifs is 1. The van der Waals surface area contributed by atoms with Crippen molar-refractivity contribution in [3.63, 3.8) is 0 Å². The number of esters is 1. The highest BCUT2D eigenvalue weighted by atomic mass is 79.9. The van der Waals surface area contributed by atoms with Crippen molar-refractivity contribution in [2.45, 2.75) is 100 Å². The van der Waals surface area contributed by atoms with E-state index in [0.717, 1.165) is 25.7 Å². The highest BCUT2D eigenvalue weighted by Gasteiger charge is 2.77. The van der Waals surface area contributed by atoms with Crippen molar-refractivity contribution in [3.05, 3.63) is 0 Å². The van der Waals surface area contributed by atoms with E-state index in [1.165, 1.54) is 6.42 Å². The largest absolute Gasteiger partial charge is 0.466 e. The molecule has 2 amide bonds. The van der Waals surface area contributed by atoms with Crippen molar-refractivity contribution in [1.82, 2.24) is 10.2 Å². The van der Waals surface area contributed by atoms with E-state index in [-0.39, 0.29) is 41.8 Å². The van der Waals surface area contributed by atoms with Gasteiger partial charge in [0.15, 0.2) is 0 Å². The zero-order chi connectivity index (χ0) is 23.9. The topological polar surface area (TPSA) is 105 Å². The number of hydrogen-bond acceptors (Lipinski definition) is 6. The van der Waals surface area contributed by atoms with E-state index in [9.17, 15) is 19.5 Å². The fourth-order valence-corrected chi connectivity index (χ4v) is 7.56. The van der Waals surface area contributed by atoms with E-state index in [1.54, 1.807) is 11.8 Å². The standard InChI is InChI=1S/C24H37BrN2O6/c1-4-32-23(31)17-18-22(30)27(15(12-28)10-13(2)3)20(24(18)11-16(25)19(17)33-24)21(29)26-14-8-6-5-7-9-14/h13-20,28H,4-12H2,1-3H3,(H,26,29)/t15-,16?,17-,18+,19-,20-,24+/m1/s1. The highest BCUT2D eigenvalue weighted by Crippen LogP contribution is 2.60. The molecule has 4 rings (SSSR count). The predicted octanol–water partition coefficient (Wildman–Crippen LogP) is 2.15. The summed E-state index contributed by atoms with van der Waals surface area (Å²) in [7, 11) is 0. The van der Waals surface area contributed by atoms with Crippen LogP contribution in [0.2, 0.25) is 0 Å². The van der Waals surface area contributed by atoms with Crippen LogP contribution in [0.15, 0.2) is 0 Å². The molecule has 3 aliphatic heterocycles. The summed E-state index contributed by atoms with van der Waals surface area (Å²) in [5.41, 5.74) is -1.10. The van der Waals surface area contributed by atoms with Crippen LogP contribution in [0.4, 0.5) is 0 Å². The van der Waals surface area contributed by atoms with Gasteiger partial charge in [0.25, 0.3) is 0 Å². The number of likely N-dealkylation sites (tertiary alicyclic amines) is 1. The highest BCUT2D eigenvalue weighted by molar-refractivity contribution is 9.09. The second kappa shape index (κ2) is 9.82. The van der Waals surface area contributed by atoms with Gasteiger partial charge in [-0.2, -0.15) is 0 Å². The van der Waals surface area contributed by atoms with Crippen LogP contribution in [-0.2, 0) is 23.9 Å². The van der Waals surface area contributed by atoms with Crippen LogP contribution in [0, 0.1) is 17.8 Å². The first-order chi connectivity index (χ1) is 15.7. The molecule has 3 heterocycles. The van der Waals surface area contributed by atoms with Crippen LogP contribution in [0.1, 0.15) is 65.7 Å². The van der Waals surface area contributed by atoms with Crippen molar-refractivity contribution < 1.29 is 29.0 Å². The van der Waals surface area contributed by atoms with Gasteiger partial charge in [-0.25, -0.2) is 0 Å². The van der Waals surface area contributed by atoms with E-state index in [1.807, 2.05) is 13.8 Å². The number of hydrogen-bond donors (Lipinski definition) is 2. The summed E-state index contributed by atoms with van der Waals surface area (Å²) in [5, 5.41) is 13.4. The van der Waals surface area contributed by atoms with Crippen LogP contribution in [-0.4, -0.2) is 75.7 Å². The molecule has 1 saturated carbocycles. The van der Waals surface area contributed by atoms with Gasteiger partial charge < -0.3 is 24.8 Å². The molecule has 4 aliphatic rings. The van der Waals surface area contributed by atoms with Crippen molar-refractivity contribution in [3.8, 4) is 0 Å². The Labute approximate surface area is 204 Å². The second-order valence-corrected chi connectivity index (χ2v) is 11.6. The molecule has 3 saturated heterocycles. The molecule has 186 valence electrons. The number of nitrogens with zero attached hydrogens (tertiary/aromatic N) is 1. The Morgan fingerprint density at radius 2 is 2.00 bits per heavy atom. The number of ether oxygens (including phenoxy) is 2. The van der Waals surface area contributed by atoms with Gasteiger partial charge in [0.2, 0.25) is 11.8 Å². The summed E-state index contributed by atoms with van der Waals surface area (Å²) < 4.78 is 11.8. The van der Waals surface area contributed by atoms with Crippen LogP contribution >= 0.6 is 15.9 Å². The number of nitrogens with one attached hydrogen (secondary N) is 1. The van der Waals surface area contributed by atoms with Gasteiger partial charge in [0.05, 0.1) is 37.2 Å². The Morgan fingerprint density at radius 3 is 2.61 bits per heavy atom. The molecule has 2 bridgehead atoms. The summed E-state index contributed by atoms with van der Waals surface area (Å²) in [6.07, 6.45) is 5.68. The quantitative estimate of drug-likeness (QED) is 0.369. The Morgan fingerprint density at radius 1 is 1.30 bits per heavy atom. The lowest BCUT2D eigenvalue weighted by Gasteiger charge is -2.38. The number of aliphatic hydroxyl groups excluding tert-OH is 1. The summed E-state index contributed by atoms with van der Waals surface area (Å²) in [5.74, 6) is -2.28. The van der Waals surface area contributed by atoms with Crippen molar-refractivity contribution in [1.29, 1.82) is 0 Å². The summed E-state index contributed by atoms with van der Waals surface area (Å²) in [4.78, 5) is 42.1. The number of amides is 2. The third kappa shape index (κ3) is 4.22. The number of carbonyl (C=O) groups excluding carboxylic acids is 3. The SMILES string of the molecule is CCOC(=O)[C@H]1[C@@H]2O[C@@]3(CC2Br)[C@@H]1C(=O)N([C@@H](CO)CC(C)C)[C@@H]3C(=O)NC1CCCCC1. The van der Waals surface area contributed by atoms with Crippen LogP contribution < -0.4 is 5.32 Å². The molecule has 0 aromatic heterocycles. The molecule has 1 unspecified atom stereocenters. The first kappa shape index (κ1) is 24.9. The van der Waals surface area contributed by atoms with Crippen LogP contribution in [0.25, 0.3) is 0 Å². The molecule has 0 radical (unpaired) electrons. The average Bonchev–Trinajstić information content (AvgIpc) is 3.36. The average molecular weight is 529 g/mol. The third-order valence-corrected chi connectivity index (χ3v) is 8.68. The molecule has 0 aromatic carbocycles. The minimum atomic E-state index is -1.10. The normalized spacial score (nSPS) is 36.8. The van der Waals surface area contributed by atoms with Crippen molar-refractivity contribution >= 4 is 33.7 Å². The van der Waals surface area contributed by atoms with Gasteiger partial charge >= 0.3 is 5.97 Å². The van der Waals surface area contributed by atoms with E-state index >= 15 is 0 Å². The fourth-order valence-electron chi connectivity index (χ4n) is 6.62. The van der Waals surface area contributed by atoms with Crippen molar-refractivity contribution in [2.75, 3.05) is 13.2 Å². The van der Waals surface area contributed by atoms with Gasteiger partial charge in [-0.15, -0.1) is 0 Å². The van der Waals surface area contributed by atoms with Gasteiger partial charge in [-0.05, 0) is 38.5 Å². The zero-order valence-electron chi connectivity index (χ0n) is 19.8. The molecule has 0 aromatic rings. The molecule has 33 heavy (non-hydrogen) atoms. The minimum Gasteiger partial charge on any atom is -0.466 e. The Hall–Kier alpha value is -1.19. The predicted molar refractivity (Wildman–Crippen MR) is 125 cm³/mol. The van der Waals surface area contributed by atoms with Crippen LogP contribution in [0.3, 0.4) is 0 Å². The van der Waals surface area contributed by atoms with Gasteiger partial charge in [0, 0.05) is 10.9 Å². The van der Waals surface area contributed by atoms with Gasteiger partial charge in [-0.1, -0.05) is 49.0 Å².